The Labute approximate surface area is 197 Å². The third kappa shape index (κ3) is 4.17. The lowest BCUT2D eigenvalue weighted by Gasteiger charge is -2.25. The number of ketones is 1. The normalized spacial score (nSPS) is 18.2. The van der Waals surface area contributed by atoms with Gasteiger partial charge in [-0.15, -0.1) is 0 Å². The van der Waals surface area contributed by atoms with E-state index in [4.69, 9.17) is 5.73 Å². The van der Waals surface area contributed by atoms with Gasteiger partial charge in [-0.1, -0.05) is 25.1 Å². The number of hydrogen-bond acceptors (Lipinski definition) is 5. The van der Waals surface area contributed by atoms with Crippen molar-refractivity contribution in [2.75, 3.05) is 7.05 Å². The van der Waals surface area contributed by atoms with Crippen LogP contribution >= 0.6 is 0 Å². The lowest BCUT2D eigenvalue weighted by Crippen LogP contribution is -2.41. The highest BCUT2D eigenvalue weighted by Crippen LogP contribution is 2.42. The number of guanidine groups is 1. The Balaban J connectivity index is 1.96. The number of pyridine rings is 1. The second-order valence-corrected chi connectivity index (χ2v) is 8.10. The molecule has 1 aliphatic rings. The van der Waals surface area contributed by atoms with Crippen LogP contribution in [0.1, 0.15) is 35.0 Å². The van der Waals surface area contributed by atoms with Crippen molar-refractivity contribution in [3.63, 3.8) is 0 Å². The van der Waals surface area contributed by atoms with Crippen LogP contribution in [-0.4, -0.2) is 45.3 Å². The van der Waals surface area contributed by atoms with E-state index in [0.717, 1.165) is 15.7 Å². The molecule has 11 heteroatoms. The van der Waals surface area contributed by atoms with Crippen molar-refractivity contribution < 1.29 is 27.2 Å². The third-order valence-electron chi connectivity index (χ3n) is 5.86. The molecule has 0 radical (unpaired) electrons. The SMILES string of the molecule is CCC(=O)c1cc([C@]2(c3cccc(-c4cccnc4F)c3)N=C(N)N(C)C2=O)cn1CC(F)(F)F. The predicted octanol–water partition coefficient (Wildman–Crippen LogP) is 3.87. The minimum Gasteiger partial charge on any atom is -0.369 e. The Bertz CT molecular complexity index is 1350. The maximum Gasteiger partial charge on any atom is 0.406 e. The van der Waals surface area contributed by atoms with E-state index in [1.54, 1.807) is 24.3 Å². The molecule has 4 rings (SSSR count). The molecule has 0 unspecified atom stereocenters. The van der Waals surface area contributed by atoms with E-state index in [2.05, 4.69) is 9.98 Å². The molecule has 0 saturated carbocycles. The van der Waals surface area contributed by atoms with Gasteiger partial charge in [0.1, 0.15) is 6.54 Å². The first kappa shape index (κ1) is 24.1. The van der Waals surface area contributed by atoms with Crippen molar-refractivity contribution in [3.05, 3.63) is 77.6 Å². The van der Waals surface area contributed by atoms with Crippen LogP contribution in [0.3, 0.4) is 0 Å². The Hall–Kier alpha value is -4.02. The van der Waals surface area contributed by atoms with Gasteiger partial charge >= 0.3 is 6.18 Å². The summed E-state index contributed by atoms with van der Waals surface area (Å²) in [7, 11) is 1.39. The summed E-state index contributed by atoms with van der Waals surface area (Å²) < 4.78 is 55.0. The first-order chi connectivity index (χ1) is 16.5. The molecule has 0 bridgehead atoms. The summed E-state index contributed by atoms with van der Waals surface area (Å²) in [4.78, 5) is 35.1. The monoisotopic (exact) mass is 487 g/mol. The molecule has 1 aromatic carbocycles. The van der Waals surface area contributed by atoms with Gasteiger partial charge in [0.25, 0.3) is 5.91 Å². The second-order valence-electron chi connectivity index (χ2n) is 8.10. The highest BCUT2D eigenvalue weighted by atomic mass is 19.4. The average Bonchev–Trinajstić information content (AvgIpc) is 3.32. The van der Waals surface area contributed by atoms with Crippen LogP contribution in [-0.2, 0) is 16.9 Å². The zero-order chi connectivity index (χ0) is 25.5. The van der Waals surface area contributed by atoms with Crippen LogP contribution < -0.4 is 5.73 Å². The minimum absolute atomic E-state index is 0.0384. The summed E-state index contributed by atoms with van der Waals surface area (Å²) >= 11 is 0. The first-order valence-electron chi connectivity index (χ1n) is 10.6. The van der Waals surface area contributed by atoms with Crippen LogP contribution in [0.2, 0.25) is 0 Å². The zero-order valence-corrected chi connectivity index (χ0v) is 18.8. The van der Waals surface area contributed by atoms with Crippen molar-refractivity contribution >= 4 is 17.6 Å². The number of hydrogen-bond donors (Lipinski definition) is 1. The molecular weight excluding hydrogens is 466 g/mol. The van der Waals surface area contributed by atoms with Crippen LogP contribution in [0, 0.1) is 5.95 Å². The van der Waals surface area contributed by atoms with Gasteiger partial charge in [-0.2, -0.15) is 17.6 Å². The Morgan fingerprint density at radius 3 is 2.49 bits per heavy atom. The molecule has 1 aliphatic heterocycles. The van der Waals surface area contributed by atoms with Gasteiger partial charge in [0, 0.05) is 37.0 Å². The van der Waals surface area contributed by atoms with E-state index in [0.29, 0.717) is 5.56 Å². The van der Waals surface area contributed by atoms with Crippen molar-refractivity contribution in [3.8, 4) is 11.1 Å². The summed E-state index contributed by atoms with van der Waals surface area (Å²) in [6.45, 7) is 0.105. The molecule has 7 nitrogen and oxygen atoms in total. The van der Waals surface area contributed by atoms with Gasteiger partial charge in [0.2, 0.25) is 5.95 Å². The maximum absolute atomic E-state index is 14.4. The van der Waals surface area contributed by atoms with E-state index in [1.165, 1.54) is 38.4 Å². The molecule has 35 heavy (non-hydrogen) atoms. The number of benzene rings is 1. The third-order valence-corrected chi connectivity index (χ3v) is 5.86. The molecule has 2 aromatic heterocycles. The molecular formula is C24H21F4N5O2. The number of likely N-dealkylation sites (N-methyl/N-ethyl adjacent to an activating group) is 1. The zero-order valence-electron chi connectivity index (χ0n) is 18.8. The van der Waals surface area contributed by atoms with E-state index >= 15 is 0 Å². The Morgan fingerprint density at radius 2 is 1.89 bits per heavy atom. The summed E-state index contributed by atoms with van der Waals surface area (Å²) in [6, 6.07) is 10.5. The number of nitrogens with zero attached hydrogens (tertiary/aromatic N) is 4. The van der Waals surface area contributed by atoms with Gasteiger partial charge in [-0.05, 0) is 35.4 Å². The molecule has 0 fully saturated rings. The minimum atomic E-state index is -4.61. The van der Waals surface area contributed by atoms with Gasteiger partial charge in [0.15, 0.2) is 17.3 Å². The highest BCUT2D eigenvalue weighted by Gasteiger charge is 2.50. The number of alkyl halides is 3. The topological polar surface area (TPSA) is 93.6 Å². The Morgan fingerprint density at radius 1 is 1.14 bits per heavy atom. The fourth-order valence-corrected chi connectivity index (χ4v) is 4.15. The molecule has 1 atom stereocenters. The number of amides is 1. The summed E-state index contributed by atoms with van der Waals surface area (Å²) in [6.07, 6.45) is -2.26. The van der Waals surface area contributed by atoms with Crippen LogP contribution in [0.15, 0.2) is 59.9 Å². The standard InChI is InChI=1S/C24H21F4N5O2/c1-3-19(34)18-11-16(12-33(18)13-23(26,27)28)24(21(35)32(2)22(29)31-24)15-7-4-6-14(10-15)17-8-5-9-30-20(17)25/h4-12H,3,13H2,1-2H3,(H2,29,31)/t24-/m0/s1. The van der Waals surface area contributed by atoms with E-state index in [-0.39, 0.29) is 34.8 Å². The highest BCUT2D eigenvalue weighted by molar-refractivity contribution is 6.09. The van der Waals surface area contributed by atoms with Gasteiger partial charge in [0.05, 0.1) is 5.69 Å². The lowest BCUT2D eigenvalue weighted by molar-refractivity contribution is -0.140. The van der Waals surface area contributed by atoms with Crippen LogP contribution in [0.25, 0.3) is 11.1 Å². The molecule has 0 spiro atoms. The fourth-order valence-electron chi connectivity index (χ4n) is 4.15. The average molecular weight is 487 g/mol. The van der Waals surface area contributed by atoms with Gasteiger partial charge < -0.3 is 10.3 Å². The number of aliphatic imine (C=N–C) groups is 1. The largest absolute Gasteiger partial charge is 0.406 e. The quantitative estimate of drug-likeness (QED) is 0.325. The number of nitrogens with two attached hydrogens (primary N) is 1. The summed E-state index contributed by atoms with van der Waals surface area (Å²) in [5.74, 6) is -2.04. The number of Topliss-reactive ketones (excluding diaryl/α,β-unsaturated/α-hetero) is 1. The van der Waals surface area contributed by atoms with Crippen molar-refractivity contribution in [1.29, 1.82) is 0 Å². The molecule has 3 aromatic rings. The number of halogens is 4. The molecule has 1 amide bonds. The summed E-state index contributed by atoms with van der Waals surface area (Å²) in [5, 5.41) is 0. The lowest BCUT2D eigenvalue weighted by atomic mass is 9.83. The molecule has 182 valence electrons. The first-order valence-corrected chi connectivity index (χ1v) is 10.6. The summed E-state index contributed by atoms with van der Waals surface area (Å²) in [5.41, 5.74) is 4.71. The van der Waals surface area contributed by atoms with Crippen molar-refractivity contribution in [2.45, 2.75) is 31.6 Å². The smallest absolute Gasteiger partial charge is 0.369 e. The second kappa shape index (κ2) is 8.64. The predicted molar refractivity (Wildman–Crippen MR) is 120 cm³/mol. The number of rotatable bonds is 6. The molecule has 0 saturated heterocycles. The van der Waals surface area contributed by atoms with Crippen LogP contribution in [0.4, 0.5) is 17.6 Å². The van der Waals surface area contributed by atoms with E-state index in [9.17, 15) is 27.2 Å². The van der Waals surface area contributed by atoms with E-state index < -0.39 is 35.9 Å². The molecule has 3 heterocycles. The van der Waals surface area contributed by atoms with Crippen LogP contribution in [0.5, 0.6) is 0 Å². The van der Waals surface area contributed by atoms with Gasteiger partial charge in [-0.3, -0.25) is 14.5 Å². The van der Waals surface area contributed by atoms with Gasteiger partial charge in [-0.25, -0.2) is 9.98 Å². The molecule has 2 N–H and O–H groups in total. The fraction of sp³-hybridized carbons (Fsp3) is 0.250. The van der Waals surface area contributed by atoms with Crippen molar-refractivity contribution in [2.24, 2.45) is 10.7 Å². The van der Waals surface area contributed by atoms with E-state index in [1.807, 2.05) is 0 Å². The van der Waals surface area contributed by atoms with Crippen molar-refractivity contribution in [1.82, 2.24) is 14.5 Å². The molecule has 0 aliphatic carbocycles. The number of aromatic nitrogens is 2. The Kier molecular flexibility index (Phi) is 5.95. The number of carbonyl (C=O) groups is 2. The number of carbonyl (C=O) groups excluding carboxylic acids is 2. The maximum atomic E-state index is 14.4.